The SMILES string of the molecule is Cn1cc(NC(=O)CCNC(=O)c2cc(NC(=O)[C@H]3C[C@H](NC(=O)c4cc(NC(=O)[C@H](N)CCNC(=O)c5cc(NC(=O)[C@@H]6C[C@@H](NC(=O)CCNC(=O)c7cc(NC(=O)c8nccn8C)cn7C)CN6)cn5C)cn4C)CN3)cn2C)cc1C(N)=O. The number of carbonyl (C=O) groups excluding carboxylic acids is 11. The van der Waals surface area contributed by atoms with E-state index >= 15 is 0 Å². The molecule has 8 rings (SSSR count). The smallest absolute Gasteiger partial charge is 0.291 e. The van der Waals surface area contributed by atoms with E-state index in [1.54, 1.807) is 88.6 Å². The summed E-state index contributed by atoms with van der Waals surface area (Å²) in [4.78, 5) is 145. The highest BCUT2D eigenvalue weighted by Crippen LogP contribution is 2.20. The van der Waals surface area contributed by atoms with Gasteiger partial charge in [-0.2, -0.15) is 0 Å². The minimum atomic E-state index is -1.05. The number of nitrogens with one attached hydrogen (secondary N) is 12. The predicted octanol–water partition coefficient (Wildman–Crippen LogP) is -1.99. The van der Waals surface area contributed by atoms with Crippen molar-refractivity contribution in [2.75, 3.05) is 59.3 Å². The van der Waals surface area contributed by atoms with Crippen molar-refractivity contribution >= 4 is 93.4 Å². The average molecular weight is 1200 g/mol. The number of nitrogens with zero attached hydrogens (tertiary/aromatic N) is 7. The molecule has 11 amide bonds. The number of primary amides is 1. The van der Waals surface area contributed by atoms with Gasteiger partial charge in [-0.15, -0.1) is 0 Å². The molecule has 16 N–H and O–H groups in total. The van der Waals surface area contributed by atoms with Crippen molar-refractivity contribution in [1.82, 2.24) is 69.6 Å². The summed E-state index contributed by atoms with van der Waals surface area (Å²) in [5, 5.41) is 33.8. The number of amides is 11. The van der Waals surface area contributed by atoms with Crippen LogP contribution in [0, 0.1) is 0 Å². The van der Waals surface area contributed by atoms with Gasteiger partial charge < -0.3 is 103 Å². The summed E-state index contributed by atoms with van der Waals surface area (Å²) in [6, 6.07) is 4.28. The van der Waals surface area contributed by atoms with Crippen molar-refractivity contribution < 1.29 is 52.7 Å². The third-order valence-electron chi connectivity index (χ3n) is 14.5. The van der Waals surface area contributed by atoms with Gasteiger partial charge in [0.1, 0.15) is 28.5 Å². The second-order valence-corrected chi connectivity index (χ2v) is 21.3. The first-order valence-electron chi connectivity index (χ1n) is 27.7. The van der Waals surface area contributed by atoms with Gasteiger partial charge in [-0.05, 0) is 49.6 Å². The van der Waals surface area contributed by atoms with Crippen LogP contribution in [0.2, 0.25) is 0 Å². The largest absolute Gasteiger partial charge is 0.364 e. The first kappa shape index (κ1) is 62.7. The Bertz CT molecular complexity index is 3640. The first-order valence-corrected chi connectivity index (χ1v) is 27.7. The van der Waals surface area contributed by atoms with Gasteiger partial charge in [0.05, 0.1) is 46.6 Å². The van der Waals surface area contributed by atoms with Gasteiger partial charge in [0, 0.05) is 143 Å². The van der Waals surface area contributed by atoms with E-state index in [1.807, 2.05) is 0 Å². The maximum Gasteiger partial charge on any atom is 0.291 e. The van der Waals surface area contributed by atoms with Gasteiger partial charge in [0.25, 0.3) is 35.4 Å². The van der Waals surface area contributed by atoms with Crippen LogP contribution >= 0.6 is 0 Å². The fourth-order valence-corrected chi connectivity index (χ4v) is 9.97. The normalized spacial score (nSPS) is 16.5. The van der Waals surface area contributed by atoms with Crippen LogP contribution in [0.25, 0.3) is 0 Å². The highest BCUT2D eigenvalue weighted by molar-refractivity contribution is 6.04. The van der Waals surface area contributed by atoms with Gasteiger partial charge in [-0.3, -0.25) is 52.7 Å². The Balaban J connectivity index is 0.693. The molecule has 0 saturated carbocycles. The topological polar surface area (TPSA) is 427 Å². The van der Waals surface area contributed by atoms with Gasteiger partial charge in [-0.25, -0.2) is 4.98 Å². The van der Waals surface area contributed by atoms with E-state index in [1.165, 1.54) is 54.8 Å². The van der Waals surface area contributed by atoms with Crippen LogP contribution in [0.1, 0.15) is 95.2 Å². The Hall–Kier alpha value is -10.3. The maximum atomic E-state index is 13.4. The molecule has 32 nitrogen and oxygen atoms in total. The number of rotatable bonds is 25. The Morgan fingerprint density at radius 1 is 0.506 bits per heavy atom. The summed E-state index contributed by atoms with van der Waals surface area (Å²) >= 11 is 0. The number of hydrogen-bond acceptors (Lipinski definition) is 15. The Labute approximate surface area is 497 Å². The molecule has 32 heteroatoms. The van der Waals surface area contributed by atoms with Gasteiger partial charge in [0.2, 0.25) is 29.5 Å². The molecule has 87 heavy (non-hydrogen) atoms. The van der Waals surface area contributed by atoms with Gasteiger partial charge in [0.15, 0.2) is 5.82 Å². The number of aromatic nitrogens is 7. The minimum Gasteiger partial charge on any atom is -0.364 e. The van der Waals surface area contributed by atoms with Crippen molar-refractivity contribution in [3.8, 4) is 0 Å². The predicted molar refractivity (Wildman–Crippen MR) is 316 cm³/mol. The standard InChI is InChI=1S/C55H71N21O11/c1-71-14-13-58-47(71)55(87)70-35-20-42(75(5)28-35)53(85)60-11-8-44(77)64-29-15-37(62-22-29)49(81)68-33-18-40(73(3)26-33)51(83)59-10-7-36(56)48(80)67-32-21-43(76(6)25-32)54(86)66-30-16-38(63-23-30)50(82)69-34-19-41(74(4)27-34)52(84)61-12-9-45(78)65-31-17-39(46(57)79)72(2)24-31/h13-14,17-21,24-30,36-38,62-63H,7-12,15-16,22-23,56H2,1-6H3,(H2,57,79)(H,59,83)(H,60,85)(H,61,84)(H,64,77)(H,65,78)(H,66,86)(H,67,80)(H,68,81)(H,69,82)(H,70,87)/t29-,30+,36-,37+,38-/m1/s1. The lowest BCUT2D eigenvalue weighted by molar-refractivity contribution is -0.122. The fraction of sp³-hybridized carbons (Fsp3) is 0.382. The summed E-state index contributed by atoms with van der Waals surface area (Å²) in [5.41, 5.74) is 14.5. The number of hydrogen-bond donors (Lipinski definition) is 14. The number of nitrogens with two attached hydrogens (primary N) is 2. The molecule has 0 spiro atoms. The van der Waals surface area contributed by atoms with Crippen molar-refractivity contribution in [3.05, 3.63) is 108 Å². The van der Waals surface area contributed by atoms with E-state index in [0.29, 0.717) is 41.4 Å². The molecule has 0 radical (unpaired) electrons. The third-order valence-corrected chi connectivity index (χ3v) is 14.5. The van der Waals surface area contributed by atoms with E-state index in [0.717, 1.165) is 0 Å². The lowest BCUT2D eigenvalue weighted by atomic mass is 10.1. The molecular weight excluding hydrogens is 1130 g/mol. The summed E-state index contributed by atoms with van der Waals surface area (Å²) in [6.45, 7) is 0.688. The van der Waals surface area contributed by atoms with Crippen molar-refractivity contribution in [3.63, 3.8) is 0 Å². The van der Waals surface area contributed by atoms with Gasteiger partial charge in [-0.1, -0.05) is 0 Å². The lowest BCUT2D eigenvalue weighted by Gasteiger charge is -2.13. The zero-order chi connectivity index (χ0) is 62.8. The summed E-state index contributed by atoms with van der Waals surface area (Å²) < 4.78 is 9.19. The van der Waals surface area contributed by atoms with E-state index in [9.17, 15) is 52.7 Å². The molecule has 6 aromatic heterocycles. The quantitative estimate of drug-likeness (QED) is 0.0295. The summed E-state index contributed by atoms with van der Waals surface area (Å²) in [5.74, 6) is -4.76. The second-order valence-electron chi connectivity index (χ2n) is 21.3. The first-order chi connectivity index (χ1) is 41.4. The molecular formula is C55H71N21O11. The second kappa shape index (κ2) is 27.6. The number of carbonyl (C=O) groups is 11. The van der Waals surface area contributed by atoms with Crippen molar-refractivity contribution in [2.24, 2.45) is 53.8 Å². The average Bonchev–Trinajstić information content (AvgIpc) is 4.09. The highest BCUT2D eigenvalue weighted by Gasteiger charge is 2.33. The minimum absolute atomic E-state index is 0.0126. The van der Waals surface area contributed by atoms with Crippen LogP contribution in [-0.2, 0) is 66.3 Å². The molecule has 2 aliphatic rings. The monoisotopic (exact) mass is 1200 g/mol. The third kappa shape index (κ3) is 16.1. The zero-order valence-corrected chi connectivity index (χ0v) is 48.7. The molecule has 6 aromatic rings. The molecule has 2 aliphatic heterocycles. The molecule has 8 heterocycles. The van der Waals surface area contributed by atoms with Crippen LogP contribution in [0.3, 0.4) is 0 Å². The molecule has 5 atom stereocenters. The van der Waals surface area contributed by atoms with E-state index in [-0.39, 0.29) is 110 Å². The fourth-order valence-electron chi connectivity index (χ4n) is 9.97. The number of imidazole rings is 1. The zero-order valence-electron chi connectivity index (χ0n) is 48.7. The van der Waals surface area contributed by atoms with Crippen molar-refractivity contribution in [2.45, 2.75) is 62.3 Å². The van der Waals surface area contributed by atoms with E-state index < -0.39 is 71.4 Å². The van der Waals surface area contributed by atoms with E-state index in [4.69, 9.17) is 11.5 Å². The maximum absolute atomic E-state index is 13.4. The van der Waals surface area contributed by atoms with Crippen LogP contribution in [-0.4, -0.2) is 160 Å². The van der Waals surface area contributed by atoms with Crippen LogP contribution in [0.15, 0.2) is 73.7 Å². The number of aryl methyl sites for hydroxylation is 6. The van der Waals surface area contributed by atoms with Crippen LogP contribution < -0.4 is 75.3 Å². The Morgan fingerprint density at radius 3 is 1.39 bits per heavy atom. The molecule has 462 valence electrons. The molecule has 0 aromatic carbocycles. The lowest BCUT2D eigenvalue weighted by Crippen LogP contribution is -2.39. The molecule has 2 saturated heterocycles. The van der Waals surface area contributed by atoms with Gasteiger partial charge >= 0.3 is 0 Å². The Kier molecular flexibility index (Phi) is 19.9. The molecule has 2 fully saturated rings. The summed E-state index contributed by atoms with van der Waals surface area (Å²) in [7, 11) is 9.84. The highest BCUT2D eigenvalue weighted by atomic mass is 16.2. The molecule has 0 bridgehead atoms. The van der Waals surface area contributed by atoms with Crippen molar-refractivity contribution in [1.29, 1.82) is 0 Å². The van der Waals surface area contributed by atoms with Crippen LogP contribution in [0.4, 0.5) is 28.4 Å². The Morgan fingerprint density at radius 2 is 0.920 bits per heavy atom. The molecule has 0 aliphatic carbocycles. The van der Waals surface area contributed by atoms with E-state index in [2.05, 4.69) is 68.8 Å². The molecule has 0 unspecified atom stereocenters. The van der Waals surface area contributed by atoms with Crippen LogP contribution in [0.5, 0.6) is 0 Å². The number of anilines is 5. The summed E-state index contributed by atoms with van der Waals surface area (Å²) in [6.07, 6.45) is 11.5.